The Morgan fingerprint density at radius 1 is 1.18 bits per heavy atom. The molecule has 1 rings (SSSR count). The number of amides is 1. The molecule has 2 nitrogen and oxygen atoms in total. The van der Waals surface area contributed by atoms with E-state index in [4.69, 9.17) is 0 Å². The summed E-state index contributed by atoms with van der Waals surface area (Å²) in [5.41, 5.74) is 1.40. The van der Waals surface area contributed by atoms with Gasteiger partial charge >= 0.3 is 0 Å². The van der Waals surface area contributed by atoms with Crippen molar-refractivity contribution in [2.24, 2.45) is 5.41 Å². The first-order valence-electron chi connectivity index (χ1n) is 6.28. The van der Waals surface area contributed by atoms with Gasteiger partial charge in [0.1, 0.15) is 0 Å². The van der Waals surface area contributed by atoms with Crippen molar-refractivity contribution in [3.05, 3.63) is 35.9 Å². The van der Waals surface area contributed by atoms with Crippen LogP contribution in [0.5, 0.6) is 0 Å². The SMILES string of the molecule is CC(C)(C)CC(=O)NCCCc1ccccc1. The molecule has 0 aliphatic carbocycles. The molecular weight excluding hydrogens is 210 g/mol. The average Bonchev–Trinajstić information content (AvgIpc) is 2.23. The van der Waals surface area contributed by atoms with Gasteiger partial charge in [-0.1, -0.05) is 51.1 Å². The summed E-state index contributed by atoms with van der Waals surface area (Å²) in [7, 11) is 0. The van der Waals surface area contributed by atoms with Crippen molar-refractivity contribution in [3.8, 4) is 0 Å². The van der Waals surface area contributed by atoms with E-state index in [0.29, 0.717) is 6.42 Å². The van der Waals surface area contributed by atoms with Gasteiger partial charge in [0.05, 0.1) is 0 Å². The third-order valence-electron chi connectivity index (χ3n) is 2.50. The molecule has 2 heteroatoms. The van der Waals surface area contributed by atoms with Crippen LogP contribution in [-0.4, -0.2) is 12.5 Å². The molecule has 1 aromatic rings. The Balaban J connectivity index is 2.14. The van der Waals surface area contributed by atoms with Crippen LogP contribution in [-0.2, 0) is 11.2 Å². The molecule has 0 heterocycles. The molecule has 0 bridgehead atoms. The van der Waals surface area contributed by atoms with Crippen LogP contribution in [0.1, 0.15) is 39.2 Å². The van der Waals surface area contributed by atoms with Crippen molar-refractivity contribution in [2.75, 3.05) is 6.54 Å². The molecule has 94 valence electrons. The Labute approximate surface area is 104 Å². The van der Waals surface area contributed by atoms with E-state index < -0.39 is 0 Å². The summed E-state index contributed by atoms with van der Waals surface area (Å²) >= 11 is 0. The zero-order chi connectivity index (χ0) is 12.7. The fourth-order valence-electron chi connectivity index (χ4n) is 1.71. The molecule has 0 aliphatic rings. The average molecular weight is 233 g/mol. The van der Waals surface area contributed by atoms with E-state index in [1.807, 2.05) is 18.2 Å². The second-order valence-electron chi connectivity index (χ2n) is 5.68. The number of carbonyl (C=O) groups is 1. The molecule has 0 fully saturated rings. The first kappa shape index (κ1) is 13.8. The van der Waals surface area contributed by atoms with Gasteiger partial charge in [-0.25, -0.2) is 0 Å². The molecule has 0 aliphatic heterocycles. The molecule has 0 saturated carbocycles. The smallest absolute Gasteiger partial charge is 0.220 e. The quantitative estimate of drug-likeness (QED) is 0.778. The van der Waals surface area contributed by atoms with Gasteiger partial charge < -0.3 is 5.32 Å². The summed E-state index contributed by atoms with van der Waals surface area (Å²) in [5.74, 6) is 0.158. The first-order chi connectivity index (χ1) is 7.97. The molecule has 17 heavy (non-hydrogen) atoms. The lowest BCUT2D eigenvalue weighted by Gasteiger charge is -2.17. The van der Waals surface area contributed by atoms with Gasteiger partial charge in [-0.3, -0.25) is 4.79 Å². The Hall–Kier alpha value is -1.31. The number of hydrogen-bond donors (Lipinski definition) is 1. The monoisotopic (exact) mass is 233 g/mol. The number of nitrogens with one attached hydrogen (secondary N) is 1. The van der Waals surface area contributed by atoms with Crippen molar-refractivity contribution >= 4 is 5.91 Å². The summed E-state index contributed by atoms with van der Waals surface area (Å²) in [6.45, 7) is 7.01. The normalized spacial score (nSPS) is 11.2. The number of hydrogen-bond acceptors (Lipinski definition) is 1. The number of carbonyl (C=O) groups excluding carboxylic acids is 1. The Kier molecular flexibility index (Phi) is 5.20. The van der Waals surface area contributed by atoms with Crippen molar-refractivity contribution in [1.82, 2.24) is 5.32 Å². The summed E-state index contributed by atoms with van der Waals surface area (Å²) in [6, 6.07) is 10.4. The highest BCUT2D eigenvalue weighted by Crippen LogP contribution is 2.17. The van der Waals surface area contributed by atoms with Crippen LogP contribution in [0.3, 0.4) is 0 Å². The van der Waals surface area contributed by atoms with Crippen molar-refractivity contribution in [3.63, 3.8) is 0 Å². The van der Waals surface area contributed by atoms with Crippen molar-refractivity contribution in [2.45, 2.75) is 40.0 Å². The lowest BCUT2D eigenvalue weighted by Crippen LogP contribution is -2.28. The van der Waals surface area contributed by atoms with Crippen LogP contribution < -0.4 is 5.32 Å². The Morgan fingerprint density at radius 3 is 2.41 bits per heavy atom. The Bertz CT molecular complexity index is 338. The van der Waals surface area contributed by atoms with E-state index in [-0.39, 0.29) is 11.3 Å². The minimum absolute atomic E-state index is 0.0729. The summed E-state index contributed by atoms with van der Waals surface area (Å²) < 4.78 is 0. The van der Waals surface area contributed by atoms with Crippen molar-refractivity contribution in [1.29, 1.82) is 0 Å². The standard InChI is InChI=1S/C15H23NO/c1-15(2,3)12-14(17)16-11-7-10-13-8-5-4-6-9-13/h4-6,8-9H,7,10-12H2,1-3H3,(H,16,17). The fourth-order valence-corrected chi connectivity index (χ4v) is 1.71. The summed E-state index contributed by atoms with van der Waals surface area (Å²) in [5, 5.41) is 2.97. The molecule has 0 unspecified atom stereocenters. The minimum atomic E-state index is 0.0729. The van der Waals surface area contributed by atoms with Gasteiger partial charge in [0.2, 0.25) is 5.91 Å². The highest BCUT2D eigenvalue weighted by molar-refractivity contribution is 5.76. The van der Waals surface area contributed by atoms with Gasteiger partial charge in [-0.2, -0.15) is 0 Å². The van der Waals surface area contributed by atoms with Gasteiger partial charge in [0.25, 0.3) is 0 Å². The fraction of sp³-hybridized carbons (Fsp3) is 0.533. The molecule has 0 saturated heterocycles. The van der Waals surface area contributed by atoms with Crippen LogP contribution in [0.15, 0.2) is 30.3 Å². The molecule has 1 N–H and O–H groups in total. The molecule has 0 spiro atoms. The van der Waals surface area contributed by atoms with E-state index >= 15 is 0 Å². The summed E-state index contributed by atoms with van der Waals surface area (Å²) in [4.78, 5) is 11.6. The van der Waals surface area contributed by atoms with Gasteiger partial charge in [-0.05, 0) is 23.8 Å². The number of rotatable bonds is 5. The molecule has 1 amide bonds. The van der Waals surface area contributed by atoms with E-state index in [0.717, 1.165) is 19.4 Å². The third-order valence-corrected chi connectivity index (χ3v) is 2.50. The summed E-state index contributed by atoms with van der Waals surface area (Å²) in [6.07, 6.45) is 2.62. The zero-order valence-electron chi connectivity index (χ0n) is 11.1. The van der Waals surface area contributed by atoms with Gasteiger partial charge in [0, 0.05) is 13.0 Å². The largest absolute Gasteiger partial charge is 0.356 e. The highest BCUT2D eigenvalue weighted by Gasteiger charge is 2.14. The molecule has 0 atom stereocenters. The lowest BCUT2D eigenvalue weighted by atomic mass is 9.92. The minimum Gasteiger partial charge on any atom is -0.356 e. The van der Waals surface area contributed by atoms with E-state index in [1.54, 1.807) is 0 Å². The highest BCUT2D eigenvalue weighted by atomic mass is 16.1. The zero-order valence-corrected chi connectivity index (χ0v) is 11.1. The molecule has 0 radical (unpaired) electrons. The maximum Gasteiger partial charge on any atom is 0.220 e. The number of benzene rings is 1. The van der Waals surface area contributed by atoms with E-state index in [2.05, 4.69) is 38.2 Å². The first-order valence-corrected chi connectivity index (χ1v) is 6.28. The van der Waals surface area contributed by atoms with Crippen LogP contribution >= 0.6 is 0 Å². The maximum absolute atomic E-state index is 11.6. The second-order valence-corrected chi connectivity index (χ2v) is 5.68. The molecular formula is C15H23NO. The molecule has 0 aromatic heterocycles. The topological polar surface area (TPSA) is 29.1 Å². The lowest BCUT2D eigenvalue weighted by molar-refractivity contribution is -0.122. The van der Waals surface area contributed by atoms with Crippen LogP contribution in [0.2, 0.25) is 0 Å². The van der Waals surface area contributed by atoms with Crippen molar-refractivity contribution < 1.29 is 4.79 Å². The third kappa shape index (κ3) is 6.77. The van der Waals surface area contributed by atoms with E-state index in [1.165, 1.54) is 5.56 Å². The van der Waals surface area contributed by atoms with Gasteiger partial charge in [-0.15, -0.1) is 0 Å². The van der Waals surface area contributed by atoms with Gasteiger partial charge in [0.15, 0.2) is 0 Å². The maximum atomic E-state index is 11.6. The predicted molar refractivity (Wildman–Crippen MR) is 71.8 cm³/mol. The molecule has 1 aromatic carbocycles. The number of aryl methyl sites for hydroxylation is 1. The van der Waals surface area contributed by atoms with E-state index in [9.17, 15) is 4.79 Å². The second kappa shape index (κ2) is 6.43. The predicted octanol–water partition coefficient (Wildman–Crippen LogP) is 3.17. The van der Waals surface area contributed by atoms with Crippen LogP contribution in [0.25, 0.3) is 0 Å². The van der Waals surface area contributed by atoms with Crippen LogP contribution in [0, 0.1) is 5.41 Å². The van der Waals surface area contributed by atoms with Crippen LogP contribution in [0.4, 0.5) is 0 Å². The Morgan fingerprint density at radius 2 is 1.82 bits per heavy atom.